The van der Waals surface area contributed by atoms with Gasteiger partial charge in [0.15, 0.2) is 12.4 Å². The standard InChI is InChI=1S/C20H22N2O6S2/c1-2-30(26,27)22-9-6-14-11-15(3-4-17(14)22)18(23)12-28-19(24)5-8-21-20(25)16-7-10-29-13-16/h3-4,7,10-11,13H,2,5-6,8-9,12H2,1H3,(H,21,25). The van der Waals surface area contributed by atoms with E-state index in [0.29, 0.717) is 29.8 Å². The number of esters is 1. The van der Waals surface area contributed by atoms with Crippen LogP contribution in [-0.4, -0.2) is 51.5 Å². The monoisotopic (exact) mass is 450 g/mol. The van der Waals surface area contributed by atoms with Crippen LogP contribution in [0.4, 0.5) is 5.69 Å². The zero-order chi connectivity index (χ0) is 21.7. The second-order valence-corrected chi connectivity index (χ2v) is 9.63. The Hall–Kier alpha value is -2.72. The Kier molecular flexibility index (Phi) is 6.88. The molecule has 0 atom stereocenters. The zero-order valence-electron chi connectivity index (χ0n) is 16.4. The molecule has 3 rings (SSSR count). The van der Waals surface area contributed by atoms with Gasteiger partial charge in [-0.2, -0.15) is 11.3 Å². The van der Waals surface area contributed by atoms with Crippen LogP contribution in [0.3, 0.4) is 0 Å². The van der Waals surface area contributed by atoms with Crippen molar-refractivity contribution < 1.29 is 27.5 Å². The van der Waals surface area contributed by atoms with Crippen molar-refractivity contribution in [3.63, 3.8) is 0 Å². The third-order valence-electron chi connectivity index (χ3n) is 4.72. The number of ketones is 1. The number of Topliss-reactive ketones (excluding diaryl/α,β-unsaturated/α-hetero) is 1. The highest BCUT2D eigenvalue weighted by Crippen LogP contribution is 2.31. The van der Waals surface area contributed by atoms with Crippen molar-refractivity contribution in [3.05, 3.63) is 51.7 Å². The van der Waals surface area contributed by atoms with Crippen LogP contribution in [0, 0.1) is 0 Å². The second kappa shape index (κ2) is 9.40. The molecule has 0 aliphatic carbocycles. The fraction of sp³-hybridized carbons (Fsp3) is 0.350. The van der Waals surface area contributed by atoms with Crippen molar-refractivity contribution in [2.45, 2.75) is 19.8 Å². The highest BCUT2D eigenvalue weighted by atomic mass is 32.2. The molecule has 2 aromatic rings. The number of hydrogen-bond acceptors (Lipinski definition) is 7. The molecule has 1 aromatic carbocycles. The van der Waals surface area contributed by atoms with Crippen molar-refractivity contribution in [3.8, 4) is 0 Å². The normalized spacial score (nSPS) is 13.0. The van der Waals surface area contributed by atoms with E-state index >= 15 is 0 Å². The van der Waals surface area contributed by atoms with Crippen LogP contribution in [0.15, 0.2) is 35.0 Å². The molecule has 8 nitrogen and oxygen atoms in total. The smallest absolute Gasteiger partial charge is 0.308 e. The molecule has 160 valence electrons. The summed E-state index contributed by atoms with van der Waals surface area (Å²) in [5.74, 6) is -1.21. The molecular formula is C20H22N2O6S2. The predicted molar refractivity (Wildman–Crippen MR) is 114 cm³/mol. The fourth-order valence-corrected chi connectivity index (χ4v) is 4.86. The van der Waals surface area contributed by atoms with Gasteiger partial charge in [0.05, 0.1) is 17.9 Å². The van der Waals surface area contributed by atoms with E-state index in [4.69, 9.17) is 4.74 Å². The largest absolute Gasteiger partial charge is 0.457 e. The summed E-state index contributed by atoms with van der Waals surface area (Å²) in [6.07, 6.45) is 0.483. The van der Waals surface area contributed by atoms with Crippen molar-refractivity contribution >= 4 is 44.7 Å². The van der Waals surface area contributed by atoms with Gasteiger partial charge in [-0.25, -0.2) is 8.42 Å². The Balaban J connectivity index is 1.48. The number of fused-ring (bicyclic) bond motifs is 1. The lowest BCUT2D eigenvalue weighted by Crippen LogP contribution is -2.30. The summed E-state index contributed by atoms with van der Waals surface area (Å²) in [6, 6.07) is 6.49. The molecule has 1 aromatic heterocycles. The molecule has 0 unspecified atom stereocenters. The van der Waals surface area contributed by atoms with Crippen molar-refractivity contribution in [1.82, 2.24) is 5.32 Å². The van der Waals surface area contributed by atoms with Crippen LogP contribution in [0.5, 0.6) is 0 Å². The first-order valence-electron chi connectivity index (χ1n) is 9.44. The van der Waals surface area contributed by atoms with Crippen molar-refractivity contribution in [2.24, 2.45) is 0 Å². The third kappa shape index (κ3) is 5.06. The second-order valence-electron chi connectivity index (χ2n) is 6.67. The van der Waals surface area contributed by atoms with E-state index in [-0.39, 0.29) is 30.4 Å². The van der Waals surface area contributed by atoms with Gasteiger partial charge in [0.1, 0.15) is 0 Å². The number of ether oxygens (including phenoxy) is 1. The molecule has 2 heterocycles. The predicted octanol–water partition coefficient (Wildman–Crippen LogP) is 2.01. The number of sulfonamides is 1. The van der Waals surface area contributed by atoms with E-state index in [0.717, 1.165) is 5.56 Å². The number of thiophene rings is 1. The zero-order valence-corrected chi connectivity index (χ0v) is 18.1. The summed E-state index contributed by atoms with van der Waals surface area (Å²) < 4.78 is 30.6. The molecule has 0 spiro atoms. The van der Waals surface area contributed by atoms with Crippen LogP contribution in [0.2, 0.25) is 0 Å². The highest BCUT2D eigenvalue weighted by molar-refractivity contribution is 7.92. The maximum absolute atomic E-state index is 12.3. The van der Waals surface area contributed by atoms with Gasteiger partial charge in [-0.15, -0.1) is 0 Å². The lowest BCUT2D eigenvalue weighted by molar-refractivity contribution is -0.142. The minimum atomic E-state index is -3.35. The molecule has 1 aliphatic rings. The molecule has 0 saturated heterocycles. The number of amides is 1. The molecule has 0 bridgehead atoms. The summed E-state index contributed by atoms with van der Waals surface area (Å²) in [7, 11) is -3.35. The van der Waals surface area contributed by atoms with Crippen LogP contribution >= 0.6 is 11.3 Å². The molecule has 1 amide bonds. The third-order valence-corrected chi connectivity index (χ3v) is 7.18. The fourth-order valence-electron chi connectivity index (χ4n) is 3.07. The summed E-state index contributed by atoms with van der Waals surface area (Å²) in [6.45, 7) is 1.65. The average molecular weight is 451 g/mol. The van der Waals surface area contributed by atoms with Gasteiger partial charge in [0.25, 0.3) is 5.91 Å². The molecular weight excluding hydrogens is 428 g/mol. The van der Waals surface area contributed by atoms with Gasteiger partial charge in [0.2, 0.25) is 10.0 Å². The minimum absolute atomic E-state index is 0.0107. The van der Waals surface area contributed by atoms with E-state index < -0.39 is 22.6 Å². The summed E-state index contributed by atoms with van der Waals surface area (Å²) in [5, 5.41) is 6.11. The maximum Gasteiger partial charge on any atom is 0.308 e. The topological polar surface area (TPSA) is 110 Å². The van der Waals surface area contributed by atoms with Gasteiger partial charge in [0, 0.05) is 29.6 Å². The number of carbonyl (C=O) groups is 3. The molecule has 1 N–H and O–H groups in total. The SMILES string of the molecule is CCS(=O)(=O)N1CCc2cc(C(=O)COC(=O)CCNC(=O)c3ccsc3)ccc21. The number of rotatable bonds is 9. The maximum atomic E-state index is 12.3. The first-order valence-corrected chi connectivity index (χ1v) is 12.0. The Labute approximate surface area is 178 Å². The number of anilines is 1. The number of hydrogen-bond donors (Lipinski definition) is 1. The van der Waals surface area contributed by atoms with E-state index in [1.54, 1.807) is 41.9 Å². The molecule has 0 fully saturated rings. The first-order chi connectivity index (χ1) is 14.3. The van der Waals surface area contributed by atoms with Crippen LogP contribution in [-0.2, 0) is 26.0 Å². The van der Waals surface area contributed by atoms with Gasteiger partial charge in [-0.3, -0.25) is 18.7 Å². The van der Waals surface area contributed by atoms with E-state index in [2.05, 4.69) is 5.32 Å². The summed E-state index contributed by atoms with van der Waals surface area (Å²) in [5.41, 5.74) is 2.26. The molecule has 0 saturated carbocycles. The molecule has 0 radical (unpaired) electrons. The Morgan fingerprint density at radius 1 is 1.20 bits per heavy atom. The highest BCUT2D eigenvalue weighted by Gasteiger charge is 2.28. The van der Waals surface area contributed by atoms with Crippen LogP contribution in [0.1, 0.15) is 39.6 Å². The number of nitrogens with zero attached hydrogens (tertiary/aromatic N) is 1. The van der Waals surface area contributed by atoms with Crippen LogP contribution < -0.4 is 9.62 Å². The average Bonchev–Trinajstić information content (AvgIpc) is 3.41. The molecule has 30 heavy (non-hydrogen) atoms. The lowest BCUT2D eigenvalue weighted by Gasteiger charge is -2.18. The van der Waals surface area contributed by atoms with E-state index in [1.165, 1.54) is 15.6 Å². The Morgan fingerprint density at radius 3 is 2.70 bits per heavy atom. The number of carbonyl (C=O) groups excluding carboxylic acids is 3. The first kappa shape index (κ1) is 22.0. The summed E-state index contributed by atoms with van der Waals surface area (Å²) >= 11 is 1.40. The van der Waals surface area contributed by atoms with Gasteiger partial charge in [-0.1, -0.05) is 0 Å². The number of nitrogens with one attached hydrogen (secondary N) is 1. The molecule has 1 aliphatic heterocycles. The molecule has 10 heteroatoms. The van der Waals surface area contributed by atoms with Crippen molar-refractivity contribution in [2.75, 3.05) is 29.8 Å². The van der Waals surface area contributed by atoms with Crippen molar-refractivity contribution in [1.29, 1.82) is 0 Å². The van der Waals surface area contributed by atoms with E-state index in [1.807, 2.05) is 0 Å². The quantitative estimate of drug-likeness (QED) is 0.462. The number of benzene rings is 1. The van der Waals surface area contributed by atoms with Gasteiger partial charge in [-0.05, 0) is 48.6 Å². The van der Waals surface area contributed by atoms with Gasteiger partial charge >= 0.3 is 5.97 Å². The Bertz CT molecular complexity index is 1050. The van der Waals surface area contributed by atoms with Crippen LogP contribution in [0.25, 0.3) is 0 Å². The van der Waals surface area contributed by atoms with Gasteiger partial charge < -0.3 is 10.1 Å². The van der Waals surface area contributed by atoms with E-state index in [9.17, 15) is 22.8 Å². The summed E-state index contributed by atoms with van der Waals surface area (Å²) in [4.78, 5) is 36.0. The Morgan fingerprint density at radius 2 is 2.00 bits per heavy atom. The minimum Gasteiger partial charge on any atom is -0.457 e. The lowest BCUT2D eigenvalue weighted by atomic mass is 10.1.